The zero-order valence-corrected chi connectivity index (χ0v) is 12.7. The van der Waals surface area contributed by atoms with Crippen LogP contribution in [0.15, 0.2) is 24.8 Å². The van der Waals surface area contributed by atoms with E-state index in [0.717, 1.165) is 11.1 Å². The Balaban J connectivity index is 1.88. The van der Waals surface area contributed by atoms with E-state index in [1.165, 1.54) is 23.3 Å². The molecule has 0 bridgehead atoms. The molecular weight excluding hydrogens is 298 g/mol. The molecule has 1 aliphatic heterocycles. The van der Waals surface area contributed by atoms with Gasteiger partial charge in [-0.25, -0.2) is 9.48 Å². The largest absolute Gasteiger partial charge is 0.450 e. The number of hydrogen-bond donors (Lipinski definition) is 1. The quantitative estimate of drug-likeness (QED) is 0.889. The molecule has 0 fully saturated rings. The molecule has 0 spiro atoms. The predicted molar refractivity (Wildman–Crippen MR) is 81.7 cm³/mol. The van der Waals surface area contributed by atoms with E-state index in [0.29, 0.717) is 37.4 Å². The van der Waals surface area contributed by atoms with Crippen LogP contribution in [0.5, 0.6) is 0 Å². The Kier molecular flexibility index (Phi) is 3.96. The fraction of sp³-hybridized carbons (Fsp3) is 0.333. The van der Waals surface area contributed by atoms with Crippen molar-refractivity contribution in [2.75, 3.05) is 18.9 Å². The lowest BCUT2D eigenvalue weighted by Crippen LogP contribution is -2.37. The third kappa shape index (κ3) is 2.87. The summed E-state index contributed by atoms with van der Waals surface area (Å²) in [6.07, 6.45) is 6.30. The van der Waals surface area contributed by atoms with Crippen molar-refractivity contribution < 1.29 is 14.3 Å². The predicted octanol–water partition coefficient (Wildman–Crippen LogP) is 1.06. The highest BCUT2D eigenvalue weighted by molar-refractivity contribution is 5.97. The van der Waals surface area contributed by atoms with Crippen molar-refractivity contribution in [3.8, 4) is 0 Å². The first-order valence-corrected chi connectivity index (χ1v) is 7.32. The van der Waals surface area contributed by atoms with Gasteiger partial charge in [0.1, 0.15) is 0 Å². The molecule has 1 amide bonds. The fourth-order valence-electron chi connectivity index (χ4n) is 2.62. The zero-order chi connectivity index (χ0) is 16.4. The number of ether oxygens (including phenoxy) is 1. The fourth-order valence-corrected chi connectivity index (χ4v) is 2.62. The maximum absolute atomic E-state index is 12.5. The van der Waals surface area contributed by atoms with Gasteiger partial charge in [0.25, 0.3) is 5.91 Å². The van der Waals surface area contributed by atoms with E-state index < -0.39 is 0 Å². The van der Waals surface area contributed by atoms with Gasteiger partial charge in [0.2, 0.25) is 0 Å². The normalized spacial score (nSPS) is 13.5. The van der Waals surface area contributed by atoms with Crippen molar-refractivity contribution in [2.45, 2.75) is 19.9 Å². The molecule has 8 heteroatoms. The van der Waals surface area contributed by atoms with Gasteiger partial charge in [0.05, 0.1) is 36.8 Å². The number of nitrogens with two attached hydrogens (primary N) is 1. The molecule has 8 nitrogen and oxygen atoms in total. The molecule has 0 atom stereocenters. The second-order valence-corrected chi connectivity index (χ2v) is 5.22. The van der Waals surface area contributed by atoms with E-state index in [-0.39, 0.29) is 12.0 Å². The van der Waals surface area contributed by atoms with Gasteiger partial charge in [0, 0.05) is 18.9 Å². The van der Waals surface area contributed by atoms with Gasteiger partial charge in [-0.3, -0.25) is 9.78 Å². The summed E-state index contributed by atoms with van der Waals surface area (Å²) in [6, 6.07) is 0. The number of aromatic nitrogens is 3. The van der Waals surface area contributed by atoms with Crippen LogP contribution in [0.3, 0.4) is 0 Å². The molecule has 0 radical (unpaired) electrons. The van der Waals surface area contributed by atoms with Crippen LogP contribution in [0.4, 0.5) is 10.5 Å². The van der Waals surface area contributed by atoms with Crippen LogP contribution in [0, 0.1) is 0 Å². The Bertz CT molecular complexity index is 755. The highest BCUT2D eigenvalue weighted by atomic mass is 16.6. The number of rotatable bonds is 2. The Morgan fingerprint density at radius 2 is 2.17 bits per heavy atom. The summed E-state index contributed by atoms with van der Waals surface area (Å²) in [4.78, 5) is 30.1. The van der Waals surface area contributed by atoms with Gasteiger partial charge in [-0.15, -0.1) is 0 Å². The van der Waals surface area contributed by atoms with Crippen LogP contribution < -0.4 is 5.73 Å². The van der Waals surface area contributed by atoms with Crippen LogP contribution in [-0.2, 0) is 17.7 Å². The van der Waals surface area contributed by atoms with E-state index in [9.17, 15) is 9.59 Å². The highest BCUT2D eigenvalue weighted by Crippen LogP contribution is 2.23. The Labute approximate surface area is 132 Å². The number of carbonyl (C=O) groups is 2. The number of carbonyl (C=O) groups excluding carboxylic acids is 2. The van der Waals surface area contributed by atoms with Gasteiger partial charge in [-0.2, -0.15) is 5.10 Å². The van der Waals surface area contributed by atoms with Crippen molar-refractivity contribution in [1.29, 1.82) is 0 Å². The first kappa shape index (κ1) is 15.0. The highest BCUT2D eigenvalue weighted by Gasteiger charge is 2.26. The summed E-state index contributed by atoms with van der Waals surface area (Å²) in [5.74, 6) is -0.282. The number of fused-ring (bicyclic) bond motifs is 1. The van der Waals surface area contributed by atoms with Crippen molar-refractivity contribution in [3.05, 3.63) is 41.5 Å². The third-order valence-corrected chi connectivity index (χ3v) is 3.71. The van der Waals surface area contributed by atoms with Crippen LogP contribution in [0.2, 0.25) is 0 Å². The molecule has 0 saturated carbocycles. The summed E-state index contributed by atoms with van der Waals surface area (Å²) in [5, 5.41) is 3.94. The lowest BCUT2D eigenvalue weighted by molar-refractivity contribution is 0.0941. The average Bonchev–Trinajstić information content (AvgIpc) is 3.00. The van der Waals surface area contributed by atoms with Crippen molar-refractivity contribution >= 4 is 17.7 Å². The molecule has 2 N–H and O–H groups in total. The molecule has 0 aromatic carbocycles. The summed E-state index contributed by atoms with van der Waals surface area (Å²) in [6.45, 7) is 2.98. The number of anilines is 1. The van der Waals surface area contributed by atoms with Crippen LogP contribution in [-0.4, -0.2) is 44.8 Å². The molecule has 0 aliphatic carbocycles. The second-order valence-electron chi connectivity index (χ2n) is 5.22. The number of pyridine rings is 1. The molecule has 3 heterocycles. The van der Waals surface area contributed by atoms with Crippen molar-refractivity contribution in [2.24, 2.45) is 0 Å². The molecule has 120 valence electrons. The molecule has 0 saturated heterocycles. The Morgan fingerprint density at radius 1 is 1.35 bits per heavy atom. The van der Waals surface area contributed by atoms with Crippen LogP contribution in [0.25, 0.3) is 0 Å². The van der Waals surface area contributed by atoms with Gasteiger partial charge in [-0.1, -0.05) is 0 Å². The van der Waals surface area contributed by atoms with Crippen LogP contribution >= 0.6 is 0 Å². The van der Waals surface area contributed by atoms with E-state index in [4.69, 9.17) is 10.5 Å². The third-order valence-electron chi connectivity index (χ3n) is 3.71. The smallest absolute Gasteiger partial charge is 0.410 e. The van der Waals surface area contributed by atoms with Crippen molar-refractivity contribution in [1.82, 2.24) is 19.7 Å². The molecule has 23 heavy (non-hydrogen) atoms. The minimum Gasteiger partial charge on any atom is -0.450 e. The van der Waals surface area contributed by atoms with Gasteiger partial charge in [0.15, 0.2) is 0 Å². The van der Waals surface area contributed by atoms with Crippen LogP contribution in [0.1, 0.15) is 28.4 Å². The molecule has 3 rings (SSSR count). The second kappa shape index (κ2) is 6.07. The molecular formula is C15H17N5O3. The summed E-state index contributed by atoms with van der Waals surface area (Å²) in [7, 11) is 0. The summed E-state index contributed by atoms with van der Waals surface area (Å²) >= 11 is 0. The average molecular weight is 315 g/mol. The lowest BCUT2D eigenvalue weighted by atomic mass is 9.97. The first-order chi connectivity index (χ1) is 11.1. The van der Waals surface area contributed by atoms with E-state index >= 15 is 0 Å². The van der Waals surface area contributed by atoms with Gasteiger partial charge >= 0.3 is 6.09 Å². The standard InChI is InChI=1S/C15H17N5O3/c1-2-23-15(22)19-4-3-12-10(8-19)5-17-7-13(12)14(21)20-9-11(16)6-18-20/h5-7,9H,2-4,8,16H2,1H3. The zero-order valence-electron chi connectivity index (χ0n) is 12.7. The van der Waals surface area contributed by atoms with E-state index in [1.54, 1.807) is 18.0 Å². The molecule has 1 aliphatic rings. The van der Waals surface area contributed by atoms with E-state index in [1.807, 2.05) is 0 Å². The molecule has 0 unspecified atom stereocenters. The minimum absolute atomic E-state index is 0.282. The lowest BCUT2D eigenvalue weighted by Gasteiger charge is -2.28. The number of nitrogen functional groups attached to an aromatic ring is 1. The first-order valence-electron chi connectivity index (χ1n) is 7.32. The number of hydrogen-bond acceptors (Lipinski definition) is 6. The monoisotopic (exact) mass is 315 g/mol. The maximum Gasteiger partial charge on any atom is 0.410 e. The van der Waals surface area contributed by atoms with Gasteiger partial charge in [-0.05, 0) is 24.5 Å². The summed E-state index contributed by atoms with van der Waals surface area (Å²) in [5.41, 5.74) is 8.24. The molecule has 2 aromatic rings. The van der Waals surface area contributed by atoms with Crippen molar-refractivity contribution in [3.63, 3.8) is 0 Å². The maximum atomic E-state index is 12.5. The van der Waals surface area contributed by atoms with E-state index in [2.05, 4.69) is 10.1 Å². The summed E-state index contributed by atoms with van der Waals surface area (Å²) < 4.78 is 6.22. The number of amides is 1. The Morgan fingerprint density at radius 3 is 2.87 bits per heavy atom. The number of nitrogens with zero attached hydrogens (tertiary/aromatic N) is 4. The minimum atomic E-state index is -0.352. The van der Waals surface area contributed by atoms with Gasteiger partial charge < -0.3 is 15.4 Å². The topological polar surface area (TPSA) is 103 Å². The molecule has 2 aromatic heterocycles. The Hall–Kier alpha value is -2.90. The SMILES string of the molecule is CCOC(=O)N1CCc2c(cncc2C(=O)n2cc(N)cn2)C1.